The molecule has 5 rings (SSSR count). The molecule has 2 aromatic rings. The van der Waals surface area contributed by atoms with Crippen LogP contribution in [0.25, 0.3) is 0 Å². The SMILES string of the molecule is Nc1nc(NCc2ccccc2N2CCCCC2)cc(N2CCC3(CCC(C(=O)O)NC3)CC2)n1. The third-order valence-electron chi connectivity index (χ3n) is 8.01. The van der Waals surface area contributed by atoms with Crippen molar-refractivity contribution in [3.05, 3.63) is 35.9 Å². The number of piperidine rings is 3. The van der Waals surface area contributed by atoms with Crippen molar-refractivity contribution in [2.24, 2.45) is 5.41 Å². The highest BCUT2D eigenvalue weighted by atomic mass is 16.4. The van der Waals surface area contributed by atoms with E-state index in [0.717, 1.165) is 63.6 Å². The van der Waals surface area contributed by atoms with Crippen molar-refractivity contribution in [3.8, 4) is 0 Å². The molecule has 0 aliphatic carbocycles. The number of nitrogens with two attached hydrogens (primary N) is 1. The third kappa shape index (κ3) is 5.45. The zero-order chi connectivity index (χ0) is 24.3. The summed E-state index contributed by atoms with van der Waals surface area (Å²) in [5.74, 6) is 1.13. The number of hydrogen-bond acceptors (Lipinski definition) is 8. The average Bonchev–Trinajstić information content (AvgIpc) is 2.88. The molecule has 35 heavy (non-hydrogen) atoms. The molecule has 3 aliphatic rings. The molecular formula is C26H37N7O2. The van der Waals surface area contributed by atoms with Crippen LogP contribution in [0.15, 0.2) is 30.3 Å². The number of rotatable bonds is 6. The first-order chi connectivity index (χ1) is 17.0. The molecule has 1 aromatic carbocycles. The van der Waals surface area contributed by atoms with Crippen LogP contribution in [0.1, 0.15) is 50.5 Å². The van der Waals surface area contributed by atoms with Crippen LogP contribution in [0, 0.1) is 5.41 Å². The fourth-order valence-electron chi connectivity index (χ4n) is 5.82. The summed E-state index contributed by atoms with van der Waals surface area (Å²) in [6.45, 7) is 5.45. The van der Waals surface area contributed by atoms with E-state index in [1.165, 1.54) is 30.5 Å². The van der Waals surface area contributed by atoms with Gasteiger partial charge in [-0.2, -0.15) is 9.97 Å². The van der Waals surface area contributed by atoms with Gasteiger partial charge < -0.3 is 31.3 Å². The number of anilines is 4. The van der Waals surface area contributed by atoms with E-state index in [4.69, 9.17) is 5.73 Å². The maximum absolute atomic E-state index is 11.3. The lowest BCUT2D eigenvalue weighted by atomic mass is 9.72. The quantitative estimate of drug-likeness (QED) is 0.495. The Labute approximate surface area is 207 Å². The van der Waals surface area contributed by atoms with Gasteiger partial charge in [0.1, 0.15) is 17.7 Å². The predicted octanol–water partition coefficient (Wildman–Crippen LogP) is 3.08. The highest BCUT2D eigenvalue weighted by Crippen LogP contribution is 2.39. The van der Waals surface area contributed by atoms with E-state index in [1.54, 1.807) is 0 Å². The molecule has 1 spiro atoms. The van der Waals surface area contributed by atoms with Gasteiger partial charge in [-0.25, -0.2) is 0 Å². The largest absolute Gasteiger partial charge is 0.480 e. The first-order valence-corrected chi connectivity index (χ1v) is 12.9. The molecule has 1 aromatic heterocycles. The van der Waals surface area contributed by atoms with Gasteiger partial charge >= 0.3 is 5.97 Å². The molecule has 3 fully saturated rings. The lowest BCUT2D eigenvalue weighted by Gasteiger charge is -2.46. The Morgan fingerprint density at radius 3 is 2.57 bits per heavy atom. The number of hydrogen-bond donors (Lipinski definition) is 4. The zero-order valence-corrected chi connectivity index (χ0v) is 20.4. The van der Waals surface area contributed by atoms with Crippen molar-refractivity contribution in [2.45, 2.75) is 57.5 Å². The number of para-hydroxylation sites is 1. The van der Waals surface area contributed by atoms with Gasteiger partial charge in [0.2, 0.25) is 5.95 Å². The lowest BCUT2D eigenvalue weighted by molar-refractivity contribution is -0.140. The standard InChI is InChI=1S/C26H37N7O2/c27-25-30-22(28-17-19-6-2-3-7-21(19)32-12-4-1-5-13-32)16-23(31-25)33-14-10-26(11-15-33)9-8-20(24(34)35)29-18-26/h2-3,6-7,16,20,29H,1,4-5,8-15,17-18H2,(H,34,35)(H3,27,28,30,31). The van der Waals surface area contributed by atoms with Gasteiger partial charge in [0.25, 0.3) is 0 Å². The van der Waals surface area contributed by atoms with E-state index in [9.17, 15) is 9.90 Å². The fourth-order valence-corrected chi connectivity index (χ4v) is 5.82. The van der Waals surface area contributed by atoms with Gasteiger partial charge in [-0.1, -0.05) is 18.2 Å². The first-order valence-electron chi connectivity index (χ1n) is 12.9. The van der Waals surface area contributed by atoms with Crippen molar-refractivity contribution in [3.63, 3.8) is 0 Å². The first kappa shape index (κ1) is 23.7. The summed E-state index contributed by atoms with van der Waals surface area (Å²) in [5, 5.41) is 16.0. The van der Waals surface area contributed by atoms with Crippen LogP contribution in [-0.2, 0) is 11.3 Å². The fraction of sp³-hybridized carbons (Fsp3) is 0.577. The average molecular weight is 480 g/mol. The molecule has 0 saturated carbocycles. The van der Waals surface area contributed by atoms with Gasteiger partial charge in [-0.3, -0.25) is 4.79 Å². The highest BCUT2D eigenvalue weighted by Gasteiger charge is 2.39. The number of carboxylic acid groups (broad SMARTS) is 1. The Hall–Kier alpha value is -3.07. The Morgan fingerprint density at radius 2 is 1.86 bits per heavy atom. The van der Waals surface area contributed by atoms with E-state index in [1.807, 2.05) is 6.07 Å². The highest BCUT2D eigenvalue weighted by molar-refractivity contribution is 5.73. The van der Waals surface area contributed by atoms with Crippen LogP contribution in [0.3, 0.4) is 0 Å². The number of benzene rings is 1. The minimum absolute atomic E-state index is 0.181. The van der Waals surface area contributed by atoms with Crippen LogP contribution in [0.5, 0.6) is 0 Å². The van der Waals surface area contributed by atoms with Crippen LogP contribution >= 0.6 is 0 Å². The summed E-state index contributed by atoms with van der Waals surface area (Å²) < 4.78 is 0. The number of aliphatic carboxylic acids is 1. The van der Waals surface area contributed by atoms with Crippen LogP contribution in [-0.4, -0.2) is 59.8 Å². The molecular weight excluding hydrogens is 442 g/mol. The molecule has 3 saturated heterocycles. The number of carbonyl (C=O) groups is 1. The van der Waals surface area contributed by atoms with Crippen molar-refractivity contribution >= 4 is 29.2 Å². The van der Waals surface area contributed by atoms with Gasteiger partial charge in [-0.05, 0) is 62.0 Å². The molecule has 4 heterocycles. The van der Waals surface area contributed by atoms with E-state index in [-0.39, 0.29) is 11.4 Å². The van der Waals surface area contributed by atoms with Crippen LogP contribution in [0.4, 0.5) is 23.3 Å². The summed E-state index contributed by atoms with van der Waals surface area (Å²) in [4.78, 5) is 25.0. The van der Waals surface area contributed by atoms with Gasteiger partial charge in [0, 0.05) is 51.0 Å². The van der Waals surface area contributed by atoms with Crippen molar-refractivity contribution in [1.82, 2.24) is 15.3 Å². The van der Waals surface area contributed by atoms with Crippen LogP contribution < -0.4 is 26.2 Å². The normalized spacial score (nSPS) is 22.2. The summed E-state index contributed by atoms with van der Waals surface area (Å²) in [7, 11) is 0. The number of carboxylic acids is 1. The Kier molecular flexibility index (Phi) is 6.95. The molecule has 1 unspecified atom stereocenters. The monoisotopic (exact) mass is 479 g/mol. The zero-order valence-electron chi connectivity index (χ0n) is 20.4. The predicted molar refractivity (Wildman–Crippen MR) is 139 cm³/mol. The molecule has 0 bridgehead atoms. The minimum Gasteiger partial charge on any atom is -0.480 e. The molecule has 3 aliphatic heterocycles. The third-order valence-corrected chi connectivity index (χ3v) is 8.01. The Bertz CT molecular complexity index is 1020. The lowest BCUT2D eigenvalue weighted by Crippen LogP contribution is -2.53. The molecule has 0 amide bonds. The number of nitrogens with zero attached hydrogens (tertiary/aromatic N) is 4. The number of nitrogens with one attached hydrogen (secondary N) is 2. The van der Waals surface area contributed by atoms with E-state index in [2.05, 4.69) is 54.7 Å². The minimum atomic E-state index is -0.743. The second kappa shape index (κ2) is 10.3. The van der Waals surface area contributed by atoms with E-state index < -0.39 is 12.0 Å². The molecule has 9 heteroatoms. The summed E-state index contributed by atoms with van der Waals surface area (Å²) >= 11 is 0. The summed E-state index contributed by atoms with van der Waals surface area (Å²) in [6, 6.07) is 10.2. The van der Waals surface area contributed by atoms with E-state index in [0.29, 0.717) is 13.0 Å². The second-order valence-corrected chi connectivity index (χ2v) is 10.3. The van der Waals surface area contributed by atoms with Crippen molar-refractivity contribution in [1.29, 1.82) is 0 Å². The van der Waals surface area contributed by atoms with E-state index >= 15 is 0 Å². The maximum Gasteiger partial charge on any atom is 0.320 e. The van der Waals surface area contributed by atoms with Crippen LogP contribution in [0.2, 0.25) is 0 Å². The van der Waals surface area contributed by atoms with Gasteiger partial charge in [0.15, 0.2) is 0 Å². The maximum atomic E-state index is 11.3. The Morgan fingerprint density at radius 1 is 1.09 bits per heavy atom. The van der Waals surface area contributed by atoms with Crippen molar-refractivity contribution < 1.29 is 9.90 Å². The summed E-state index contributed by atoms with van der Waals surface area (Å²) in [6.07, 6.45) is 7.51. The number of nitrogen functional groups attached to an aromatic ring is 1. The molecule has 1 atom stereocenters. The molecule has 9 nitrogen and oxygen atoms in total. The molecule has 5 N–H and O–H groups in total. The van der Waals surface area contributed by atoms with Gasteiger partial charge in [-0.15, -0.1) is 0 Å². The Balaban J connectivity index is 1.22. The topological polar surface area (TPSA) is 120 Å². The second-order valence-electron chi connectivity index (χ2n) is 10.3. The van der Waals surface area contributed by atoms with Gasteiger partial charge in [0.05, 0.1) is 0 Å². The smallest absolute Gasteiger partial charge is 0.320 e. The van der Waals surface area contributed by atoms with Crippen molar-refractivity contribution in [2.75, 3.05) is 53.6 Å². The number of aromatic nitrogens is 2. The molecule has 188 valence electrons. The summed E-state index contributed by atoms with van der Waals surface area (Å²) in [5.41, 5.74) is 8.84. The molecule has 0 radical (unpaired) electrons.